The largest absolute Gasteiger partial charge is 0.324 e. The highest BCUT2D eigenvalue weighted by atomic mass is 32.2. The number of anilines is 1. The summed E-state index contributed by atoms with van der Waals surface area (Å²) in [4.78, 5) is 23.7. The Labute approximate surface area is 192 Å². The second kappa shape index (κ2) is 9.93. The van der Waals surface area contributed by atoms with Gasteiger partial charge < -0.3 is 5.32 Å². The molecule has 0 aromatic heterocycles. The first-order chi connectivity index (χ1) is 15.6. The van der Waals surface area contributed by atoms with E-state index in [0.29, 0.717) is 11.1 Å². The van der Waals surface area contributed by atoms with Gasteiger partial charge in [-0.05, 0) is 49.9 Å². The molecule has 8 nitrogen and oxygen atoms in total. The van der Waals surface area contributed by atoms with E-state index in [2.05, 4.69) is 10.0 Å². The molecule has 1 unspecified atom stereocenters. The lowest BCUT2D eigenvalue weighted by atomic mass is 10.1. The van der Waals surface area contributed by atoms with Gasteiger partial charge in [0.1, 0.15) is 6.04 Å². The molecule has 172 valence electrons. The number of hydrogen-bond donors (Lipinski definition) is 2. The van der Waals surface area contributed by atoms with Crippen LogP contribution in [0.1, 0.15) is 22.3 Å². The average molecular weight is 468 g/mol. The third-order valence-corrected chi connectivity index (χ3v) is 6.87. The number of carbonyl (C=O) groups is 1. The van der Waals surface area contributed by atoms with Crippen molar-refractivity contribution in [3.8, 4) is 0 Å². The maximum Gasteiger partial charge on any atom is 0.271 e. The predicted octanol–water partition coefficient (Wildman–Crippen LogP) is 4.05. The zero-order valence-electron chi connectivity index (χ0n) is 18.5. The smallest absolute Gasteiger partial charge is 0.271 e. The van der Waals surface area contributed by atoms with Crippen molar-refractivity contribution in [3.05, 3.63) is 99.1 Å². The van der Waals surface area contributed by atoms with Gasteiger partial charge in [0.05, 0.1) is 9.82 Å². The molecule has 1 amide bonds. The number of benzene rings is 3. The van der Waals surface area contributed by atoms with Crippen LogP contribution in [0.3, 0.4) is 0 Å². The van der Waals surface area contributed by atoms with Crippen LogP contribution in [0, 0.1) is 30.9 Å². The van der Waals surface area contributed by atoms with Gasteiger partial charge in [0, 0.05) is 17.8 Å². The van der Waals surface area contributed by atoms with Gasteiger partial charge in [0.2, 0.25) is 15.9 Å². The van der Waals surface area contributed by atoms with Crippen molar-refractivity contribution in [1.82, 2.24) is 4.72 Å². The lowest BCUT2D eigenvalue weighted by Crippen LogP contribution is -2.45. The summed E-state index contributed by atoms with van der Waals surface area (Å²) in [7, 11) is -4.04. The summed E-state index contributed by atoms with van der Waals surface area (Å²) >= 11 is 0. The fraction of sp³-hybridized carbons (Fsp3) is 0.208. The maximum atomic E-state index is 13.3. The van der Waals surface area contributed by atoms with Crippen molar-refractivity contribution in [2.24, 2.45) is 0 Å². The van der Waals surface area contributed by atoms with E-state index in [1.54, 1.807) is 50.2 Å². The van der Waals surface area contributed by atoms with Crippen molar-refractivity contribution in [1.29, 1.82) is 0 Å². The SMILES string of the molecule is Cc1cc(C)c(S(=O)(=O)NC(Cc2ccccc2)C(=O)Nc2cccc([N+](=O)[O-])c2)c(C)c1. The number of rotatable bonds is 8. The van der Waals surface area contributed by atoms with Crippen molar-refractivity contribution in [2.45, 2.75) is 38.1 Å². The summed E-state index contributed by atoms with van der Waals surface area (Å²) in [5, 5.41) is 13.6. The minimum absolute atomic E-state index is 0.102. The number of carbonyl (C=O) groups excluding carboxylic acids is 1. The molecule has 3 rings (SSSR count). The monoisotopic (exact) mass is 467 g/mol. The maximum absolute atomic E-state index is 13.3. The second-order valence-electron chi connectivity index (χ2n) is 7.89. The molecule has 0 saturated heterocycles. The molecular formula is C24H25N3O5S. The van der Waals surface area contributed by atoms with Crippen LogP contribution in [0.5, 0.6) is 0 Å². The summed E-state index contributed by atoms with van der Waals surface area (Å²) < 4.78 is 29.2. The minimum Gasteiger partial charge on any atom is -0.324 e. The van der Waals surface area contributed by atoms with E-state index in [1.165, 1.54) is 24.3 Å². The Bertz CT molecular complexity index is 1270. The molecule has 0 heterocycles. The van der Waals surface area contributed by atoms with Crippen LogP contribution in [0.2, 0.25) is 0 Å². The third kappa shape index (κ3) is 6.03. The Kier molecular flexibility index (Phi) is 7.25. The lowest BCUT2D eigenvalue weighted by Gasteiger charge is -2.20. The number of sulfonamides is 1. The molecule has 0 saturated carbocycles. The highest BCUT2D eigenvalue weighted by Gasteiger charge is 2.28. The van der Waals surface area contributed by atoms with Crippen LogP contribution in [-0.4, -0.2) is 25.3 Å². The van der Waals surface area contributed by atoms with Crippen LogP contribution in [0.15, 0.2) is 71.6 Å². The molecule has 0 aliphatic carbocycles. The summed E-state index contributed by atoms with van der Waals surface area (Å²) in [6.07, 6.45) is 0.102. The zero-order valence-corrected chi connectivity index (χ0v) is 19.3. The normalized spacial score (nSPS) is 12.2. The number of nitrogens with one attached hydrogen (secondary N) is 2. The van der Waals surface area contributed by atoms with E-state index in [9.17, 15) is 23.3 Å². The Hall–Kier alpha value is -3.56. The quantitative estimate of drug-likeness (QED) is 0.383. The highest BCUT2D eigenvalue weighted by molar-refractivity contribution is 7.89. The zero-order chi connectivity index (χ0) is 24.2. The van der Waals surface area contributed by atoms with Gasteiger partial charge in [0.15, 0.2) is 0 Å². The predicted molar refractivity (Wildman–Crippen MR) is 127 cm³/mol. The average Bonchev–Trinajstić information content (AvgIpc) is 2.73. The standard InChI is InChI=1S/C24H25N3O5S/c1-16-12-17(2)23(18(3)13-16)33(31,32)26-22(14-19-8-5-4-6-9-19)24(28)25-20-10-7-11-21(15-20)27(29)30/h4-13,15,22,26H,14H2,1-3H3,(H,25,28). The fourth-order valence-electron chi connectivity index (χ4n) is 3.80. The van der Waals surface area contributed by atoms with Gasteiger partial charge in [-0.2, -0.15) is 4.72 Å². The Morgan fingerprint density at radius 1 is 0.970 bits per heavy atom. The first-order valence-corrected chi connectivity index (χ1v) is 11.7. The molecule has 0 aliphatic heterocycles. The summed E-state index contributed by atoms with van der Waals surface area (Å²) in [6, 6.07) is 16.9. The summed E-state index contributed by atoms with van der Waals surface area (Å²) in [5.41, 5.74) is 2.88. The van der Waals surface area contributed by atoms with Crippen molar-refractivity contribution < 1.29 is 18.1 Å². The van der Waals surface area contributed by atoms with Gasteiger partial charge in [-0.25, -0.2) is 8.42 Å². The van der Waals surface area contributed by atoms with E-state index in [4.69, 9.17) is 0 Å². The van der Waals surface area contributed by atoms with Crippen LogP contribution >= 0.6 is 0 Å². The van der Waals surface area contributed by atoms with Crippen LogP contribution in [-0.2, 0) is 21.2 Å². The molecule has 0 bridgehead atoms. The Morgan fingerprint density at radius 2 is 1.61 bits per heavy atom. The molecule has 0 radical (unpaired) electrons. The number of aryl methyl sites for hydroxylation is 3. The molecular weight excluding hydrogens is 442 g/mol. The number of nitro groups is 1. The first kappa shape index (κ1) is 24.1. The van der Waals surface area contributed by atoms with Gasteiger partial charge in [-0.15, -0.1) is 0 Å². The van der Waals surface area contributed by atoms with E-state index in [0.717, 1.165) is 11.1 Å². The van der Waals surface area contributed by atoms with E-state index >= 15 is 0 Å². The van der Waals surface area contributed by atoms with Crippen LogP contribution in [0.4, 0.5) is 11.4 Å². The molecule has 3 aromatic rings. The minimum atomic E-state index is -4.04. The van der Waals surface area contributed by atoms with Gasteiger partial charge in [-0.3, -0.25) is 14.9 Å². The topological polar surface area (TPSA) is 118 Å². The van der Waals surface area contributed by atoms with E-state index in [-0.39, 0.29) is 22.7 Å². The molecule has 0 spiro atoms. The molecule has 33 heavy (non-hydrogen) atoms. The number of hydrogen-bond acceptors (Lipinski definition) is 5. The third-order valence-electron chi connectivity index (χ3n) is 5.09. The lowest BCUT2D eigenvalue weighted by molar-refractivity contribution is -0.384. The van der Waals surface area contributed by atoms with Gasteiger partial charge >= 0.3 is 0 Å². The van der Waals surface area contributed by atoms with Gasteiger partial charge in [-0.1, -0.05) is 54.1 Å². The van der Waals surface area contributed by atoms with Crippen LogP contribution in [0.25, 0.3) is 0 Å². The van der Waals surface area contributed by atoms with Crippen molar-refractivity contribution in [3.63, 3.8) is 0 Å². The Morgan fingerprint density at radius 3 is 2.21 bits per heavy atom. The summed E-state index contributed by atoms with van der Waals surface area (Å²) in [6.45, 7) is 5.31. The van der Waals surface area contributed by atoms with Crippen LogP contribution < -0.4 is 10.0 Å². The van der Waals surface area contributed by atoms with Crippen molar-refractivity contribution in [2.75, 3.05) is 5.32 Å². The highest BCUT2D eigenvalue weighted by Crippen LogP contribution is 2.23. The fourth-order valence-corrected chi connectivity index (χ4v) is 5.45. The number of amides is 1. The second-order valence-corrected chi connectivity index (χ2v) is 9.54. The number of nitrogens with zero attached hydrogens (tertiary/aromatic N) is 1. The van der Waals surface area contributed by atoms with Crippen molar-refractivity contribution >= 4 is 27.3 Å². The number of non-ortho nitro benzene ring substituents is 1. The Balaban J connectivity index is 1.94. The molecule has 2 N–H and O–H groups in total. The molecule has 9 heteroatoms. The summed E-state index contributed by atoms with van der Waals surface area (Å²) in [5.74, 6) is -0.620. The van der Waals surface area contributed by atoms with Gasteiger partial charge in [0.25, 0.3) is 5.69 Å². The molecule has 3 aromatic carbocycles. The van der Waals surface area contributed by atoms with E-state index < -0.39 is 26.9 Å². The molecule has 0 fully saturated rings. The number of nitro benzene ring substituents is 1. The molecule has 0 aliphatic rings. The molecule has 1 atom stereocenters. The van der Waals surface area contributed by atoms with E-state index in [1.807, 2.05) is 13.0 Å². The first-order valence-electron chi connectivity index (χ1n) is 10.3.